The molecule has 2 aromatic heterocycles. The fourth-order valence-corrected chi connectivity index (χ4v) is 3.87. The Balaban J connectivity index is 1.67. The minimum atomic E-state index is -4.72. The highest BCUT2D eigenvalue weighted by Gasteiger charge is 2.39. The number of anilines is 2. The van der Waals surface area contributed by atoms with E-state index in [-0.39, 0.29) is 17.2 Å². The van der Waals surface area contributed by atoms with Crippen molar-refractivity contribution in [3.8, 4) is 0 Å². The molecule has 2 heterocycles. The van der Waals surface area contributed by atoms with E-state index in [1.807, 2.05) is 10.7 Å². The minimum Gasteiger partial charge on any atom is -0.379 e. The Bertz CT molecular complexity index is 1050. The molecule has 0 saturated heterocycles. The summed E-state index contributed by atoms with van der Waals surface area (Å²) in [6.45, 7) is 0. The minimum absolute atomic E-state index is 0.216. The standard InChI is InChI=1S/C20H21F3N4O2/c21-20(22,23)17(28)12-6-8-13(9-7-12)25-18-16-15(10-11-24-19(16)29)27(26-18)14-4-2-1-3-5-14/h6-11,14,17,28H,1-5H2,(H,24,29)(H,25,26). The number of aromatic amines is 1. The molecule has 0 amide bonds. The van der Waals surface area contributed by atoms with Crippen LogP contribution in [0.4, 0.5) is 24.7 Å². The van der Waals surface area contributed by atoms with E-state index in [1.165, 1.54) is 30.7 Å². The Labute approximate surface area is 164 Å². The average Bonchev–Trinajstić information content (AvgIpc) is 3.08. The molecule has 1 fully saturated rings. The molecule has 3 aromatic rings. The van der Waals surface area contributed by atoms with Gasteiger partial charge in [-0.3, -0.25) is 9.48 Å². The Morgan fingerprint density at radius 1 is 1.14 bits per heavy atom. The summed E-state index contributed by atoms with van der Waals surface area (Å²) in [5.74, 6) is 0.358. The molecule has 3 N–H and O–H groups in total. The van der Waals surface area contributed by atoms with Crippen LogP contribution >= 0.6 is 0 Å². The molecule has 1 saturated carbocycles. The van der Waals surface area contributed by atoms with E-state index >= 15 is 0 Å². The van der Waals surface area contributed by atoms with E-state index in [0.29, 0.717) is 16.9 Å². The SMILES string of the molecule is O=c1[nH]ccc2c1c(Nc1ccc(C(O)C(F)(F)F)cc1)nn2C1CCCCC1. The third-order valence-corrected chi connectivity index (χ3v) is 5.35. The largest absolute Gasteiger partial charge is 0.418 e. The molecule has 4 rings (SSSR count). The molecule has 6 nitrogen and oxygen atoms in total. The van der Waals surface area contributed by atoms with Gasteiger partial charge in [0.05, 0.1) is 11.6 Å². The first kappa shape index (κ1) is 19.5. The predicted octanol–water partition coefficient (Wildman–Crippen LogP) is 4.57. The number of rotatable bonds is 4. The quantitative estimate of drug-likeness (QED) is 0.593. The van der Waals surface area contributed by atoms with Gasteiger partial charge < -0.3 is 15.4 Å². The van der Waals surface area contributed by atoms with Crippen molar-refractivity contribution in [3.05, 3.63) is 52.4 Å². The van der Waals surface area contributed by atoms with Crippen molar-refractivity contribution in [2.75, 3.05) is 5.32 Å². The lowest BCUT2D eigenvalue weighted by Gasteiger charge is -2.22. The second-order valence-electron chi connectivity index (χ2n) is 7.34. The van der Waals surface area contributed by atoms with Crippen molar-refractivity contribution in [1.82, 2.24) is 14.8 Å². The van der Waals surface area contributed by atoms with E-state index < -0.39 is 12.3 Å². The fraction of sp³-hybridized carbons (Fsp3) is 0.400. The van der Waals surface area contributed by atoms with Crippen molar-refractivity contribution in [2.24, 2.45) is 0 Å². The number of halogens is 3. The van der Waals surface area contributed by atoms with Gasteiger partial charge in [-0.1, -0.05) is 31.4 Å². The predicted molar refractivity (Wildman–Crippen MR) is 103 cm³/mol. The molecule has 0 spiro atoms. The number of nitrogens with zero attached hydrogens (tertiary/aromatic N) is 2. The first-order valence-corrected chi connectivity index (χ1v) is 9.56. The highest BCUT2D eigenvalue weighted by molar-refractivity contribution is 5.91. The van der Waals surface area contributed by atoms with Gasteiger partial charge in [0.1, 0.15) is 5.39 Å². The molecule has 1 atom stereocenters. The summed E-state index contributed by atoms with van der Waals surface area (Å²) in [7, 11) is 0. The molecule has 1 aliphatic rings. The van der Waals surface area contributed by atoms with Gasteiger partial charge in [-0.05, 0) is 36.6 Å². The Hall–Kier alpha value is -2.81. The number of hydrogen-bond donors (Lipinski definition) is 3. The first-order valence-electron chi connectivity index (χ1n) is 9.56. The molecule has 0 aliphatic heterocycles. The van der Waals surface area contributed by atoms with Gasteiger partial charge in [0.2, 0.25) is 0 Å². The molecular weight excluding hydrogens is 385 g/mol. The van der Waals surface area contributed by atoms with Crippen molar-refractivity contribution in [1.29, 1.82) is 0 Å². The van der Waals surface area contributed by atoms with Crippen LogP contribution in [0.3, 0.4) is 0 Å². The normalized spacial score (nSPS) is 16.8. The number of pyridine rings is 1. The molecule has 154 valence electrons. The first-order chi connectivity index (χ1) is 13.8. The van der Waals surface area contributed by atoms with Crippen LogP contribution in [-0.2, 0) is 0 Å². The van der Waals surface area contributed by atoms with Gasteiger partial charge in [-0.25, -0.2) is 0 Å². The number of nitrogens with one attached hydrogen (secondary N) is 2. The van der Waals surface area contributed by atoms with E-state index in [1.54, 1.807) is 6.20 Å². The van der Waals surface area contributed by atoms with Crippen LogP contribution in [0.25, 0.3) is 10.9 Å². The van der Waals surface area contributed by atoms with Gasteiger partial charge in [-0.15, -0.1) is 0 Å². The molecule has 0 radical (unpaired) electrons. The second kappa shape index (κ2) is 7.55. The maximum absolute atomic E-state index is 12.7. The highest BCUT2D eigenvalue weighted by atomic mass is 19.4. The molecule has 1 aromatic carbocycles. The average molecular weight is 406 g/mol. The summed E-state index contributed by atoms with van der Waals surface area (Å²) in [5, 5.41) is 17.4. The number of benzene rings is 1. The number of aliphatic hydroxyl groups excluding tert-OH is 1. The smallest absolute Gasteiger partial charge is 0.379 e. The molecule has 29 heavy (non-hydrogen) atoms. The van der Waals surface area contributed by atoms with Crippen molar-refractivity contribution in [3.63, 3.8) is 0 Å². The molecule has 1 aliphatic carbocycles. The van der Waals surface area contributed by atoms with E-state index in [4.69, 9.17) is 0 Å². The summed E-state index contributed by atoms with van der Waals surface area (Å²) >= 11 is 0. The lowest BCUT2D eigenvalue weighted by Crippen LogP contribution is -2.20. The van der Waals surface area contributed by atoms with Crippen LogP contribution in [0.5, 0.6) is 0 Å². The number of H-pyrrole nitrogens is 1. The van der Waals surface area contributed by atoms with Crippen LogP contribution in [0, 0.1) is 0 Å². The van der Waals surface area contributed by atoms with E-state index in [0.717, 1.165) is 31.2 Å². The monoisotopic (exact) mass is 406 g/mol. The van der Waals surface area contributed by atoms with E-state index in [9.17, 15) is 23.1 Å². The number of aromatic nitrogens is 3. The molecule has 1 unspecified atom stereocenters. The molecule has 9 heteroatoms. The van der Waals surface area contributed by atoms with Gasteiger partial charge in [0.15, 0.2) is 11.9 Å². The van der Waals surface area contributed by atoms with Crippen LogP contribution in [0.1, 0.15) is 49.8 Å². The number of aliphatic hydroxyl groups is 1. The number of hydrogen-bond acceptors (Lipinski definition) is 4. The van der Waals surface area contributed by atoms with Crippen molar-refractivity contribution in [2.45, 2.75) is 50.4 Å². The Kier molecular flexibility index (Phi) is 5.08. The van der Waals surface area contributed by atoms with Crippen molar-refractivity contribution < 1.29 is 18.3 Å². The zero-order valence-corrected chi connectivity index (χ0v) is 15.5. The third-order valence-electron chi connectivity index (χ3n) is 5.35. The van der Waals surface area contributed by atoms with Gasteiger partial charge >= 0.3 is 6.18 Å². The molecular formula is C20H21F3N4O2. The lowest BCUT2D eigenvalue weighted by atomic mass is 9.95. The van der Waals surface area contributed by atoms with Gasteiger partial charge in [0, 0.05) is 11.9 Å². The van der Waals surface area contributed by atoms with Crippen LogP contribution in [-0.4, -0.2) is 26.0 Å². The summed E-state index contributed by atoms with van der Waals surface area (Å²) < 4.78 is 39.9. The lowest BCUT2D eigenvalue weighted by molar-refractivity contribution is -0.206. The third kappa shape index (κ3) is 3.87. The summed E-state index contributed by atoms with van der Waals surface area (Å²) in [6, 6.07) is 7.27. The Morgan fingerprint density at radius 2 is 1.83 bits per heavy atom. The van der Waals surface area contributed by atoms with Gasteiger partial charge in [0.25, 0.3) is 5.56 Å². The number of alkyl halides is 3. The van der Waals surface area contributed by atoms with Crippen LogP contribution < -0.4 is 10.9 Å². The maximum Gasteiger partial charge on any atom is 0.418 e. The van der Waals surface area contributed by atoms with Crippen LogP contribution in [0.15, 0.2) is 41.3 Å². The van der Waals surface area contributed by atoms with Crippen LogP contribution in [0.2, 0.25) is 0 Å². The summed E-state index contributed by atoms with van der Waals surface area (Å²) in [6.07, 6.45) is -0.273. The topological polar surface area (TPSA) is 82.9 Å². The highest BCUT2D eigenvalue weighted by Crippen LogP contribution is 2.34. The Morgan fingerprint density at radius 3 is 2.48 bits per heavy atom. The summed E-state index contributed by atoms with van der Waals surface area (Å²) in [4.78, 5) is 15.1. The zero-order chi connectivity index (χ0) is 20.6. The maximum atomic E-state index is 12.7. The van der Waals surface area contributed by atoms with E-state index in [2.05, 4.69) is 15.4 Å². The second-order valence-corrected chi connectivity index (χ2v) is 7.34. The summed E-state index contributed by atoms with van der Waals surface area (Å²) in [5.41, 5.74) is 0.670. The number of fused-ring (bicyclic) bond motifs is 1. The molecule has 0 bridgehead atoms. The fourth-order valence-electron chi connectivity index (χ4n) is 3.87. The van der Waals surface area contributed by atoms with Crippen molar-refractivity contribution >= 4 is 22.4 Å². The van der Waals surface area contributed by atoms with Gasteiger partial charge in [-0.2, -0.15) is 18.3 Å². The zero-order valence-electron chi connectivity index (χ0n) is 15.5.